The fraction of sp³-hybridized carbons (Fsp3) is 0. The van der Waals surface area contributed by atoms with Crippen molar-refractivity contribution in [3.8, 4) is 0 Å². The van der Waals surface area contributed by atoms with E-state index in [-0.39, 0.29) is 4.70 Å². The average molecular weight is 125 g/mol. The number of rotatable bonds is 1. The van der Waals surface area contributed by atoms with Crippen LogP contribution in [0.5, 0.6) is 0 Å². The Morgan fingerprint density at radius 3 is 1.83 bits per heavy atom. The van der Waals surface area contributed by atoms with E-state index in [0.717, 1.165) is 0 Å². The van der Waals surface area contributed by atoms with Crippen LogP contribution >= 0.6 is 12.2 Å². The predicted octanol–water partition coefficient (Wildman–Crippen LogP) is -0.511. The topological polar surface area (TPSA) is 57.2 Å². The van der Waals surface area contributed by atoms with Gasteiger partial charge in [-0.05, 0) is 0 Å². The zero-order valence-corrected chi connectivity index (χ0v) is 4.25. The monoisotopic (exact) mass is 125 g/mol. The van der Waals surface area contributed by atoms with Gasteiger partial charge >= 0.3 is 0 Å². The minimum absolute atomic E-state index is 0.188. The van der Waals surface area contributed by atoms with Crippen molar-refractivity contribution in [3.05, 3.63) is 0 Å². The van der Waals surface area contributed by atoms with Gasteiger partial charge in [-0.15, -0.1) is 0 Å². The highest BCUT2D eigenvalue weighted by atomic mass is 32.2. The van der Waals surface area contributed by atoms with Crippen molar-refractivity contribution in [2.45, 2.75) is 0 Å². The first-order valence-corrected chi connectivity index (χ1v) is 2.91. The van der Waals surface area contributed by atoms with E-state index >= 15 is 0 Å². The van der Waals surface area contributed by atoms with E-state index in [1.807, 2.05) is 0 Å². The van der Waals surface area contributed by atoms with Crippen LogP contribution < -0.4 is 0 Å². The molecule has 0 saturated carbocycles. The van der Waals surface area contributed by atoms with E-state index in [9.17, 15) is 13.0 Å². The minimum Gasteiger partial charge on any atom is -0.744 e. The summed E-state index contributed by atoms with van der Waals surface area (Å²) in [6, 6.07) is 0. The Hall–Kier alpha value is -0.0000000000000000555. The Balaban J connectivity index is 4.25. The second-order valence-electron chi connectivity index (χ2n) is 0.589. The fourth-order valence-electron chi connectivity index (χ4n) is 0. The average Bonchev–Trinajstić information content (AvgIpc) is 1.35. The summed E-state index contributed by atoms with van der Waals surface area (Å²) < 4.78 is 28.0. The predicted molar refractivity (Wildman–Crippen MR) is 23.4 cm³/mol. The van der Waals surface area contributed by atoms with Gasteiger partial charge in [0.25, 0.3) is 0 Å². The standard InChI is InChI=1S/CH2O3S2/c2-6(3,4)1-5/h1H,(H,2,3,4)/p-1. The molecule has 0 aliphatic carbocycles. The van der Waals surface area contributed by atoms with Crippen LogP contribution in [-0.2, 0) is 10.1 Å². The molecule has 36 valence electrons. The largest absolute Gasteiger partial charge is 0.744 e. The maximum Gasteiger partial charge on any atom is 0.127 e. The van der Waals surface area contributed by atoms with Crippen LogP contribution in [0.1, 0.15) is 0 Å². The highest BCUT2D eigenvalue weighted by Gasteiger charge is 1.75. The quantitative estimate of drug-likeness (QED) is 0.350. The first-order chi connectivity index (χ1) is 2.56. The lowest BCUT2D eigenvalue weighted by Crippen LogP contribution is -1.93. The Labute approximate surface area is 40.7 Å². The maximum atomic E-state index is 9.28. The summed E-state index contributed by atoms with van der Waals surface area (Å²) in [5.41, 5.74) is 0. The van der Waals surface area contributed by atoms with Gasteiger partial charge in [-0.3, -0.25) is 0 Å². The van der Waals surface area contributed by atoms with E-state index in [1.54, 1.807) is 0 Å². The Kier molecular flexibility index (Phi) is 1.63. The minimum atomic E-state index is -4.22. The van der Waals surface area contributed by atoms with Gasteiger partial charge in [0.15, 0.2) is 0 Å². The summed E-state index contributed by atoms with van der Waals surface area (Å²) >= 11 is 3.76. The molecule has 0 amide bonds. The van der Waals surface area contributed by atoms with Gasteiger partial charge in [-0.2, -0.15) is 0 Å². The molecule has 5 heteroatoms. The first-order valence-electron chi connectivity index (χ1n) is 0.971. The molecule has 0 atom stereocenters. The summed E-state index contributed by atoms with van der Waals surface area (Å²) in [5, 5.41) is 0. The molecule has 0 unspecified atom stereocenters. The summed E-state index contributed by atoms with van der Waals surface area (Å²) in [5.74, 6) is 0. The summed E-state index contributed by atoms with van der Waals surface area (Å²) in [4.78, 5) is 0. The van der Waals surface area contributed by atoms with E-state index in [2.05, 4.69) is 12.2 Å². The van der Waals surface area contributed by atoms with Gasteiger partial charge in [0, 0.05) is 0 Å². The second-order valence-corrected chi connectivity index (χ2v) is 2.34. The SMILES string of the molecule is O=S(=O)([O-])C=S. The molecule has 0 spiro atoms. The third kappa shape index (κ3) is 4.00. The molecule has 0 aromatic heterocycles. The lowest BCUT2D eigenvalue weighted by atomic mass is 11.9. The van der Waals surface area contributed by atoms with Gasteiger partial charge in [-0.1, -0.05) is 12.2 Å². The molecule has 0 rings (SSSR count). The highest BCUT2D eigenvalue weighted by Crippen LogP contribution is 1.68. The molecule has 6 heavy (non-hydrogen) atoms. The molecular weight excluding hydrogens is 124 g/mol. The smallest absolute Gasteiger partial charge is 0.127 e. The molecule has 0 radical (unpaired) electrons. The molecular formula is CHO3S2-. The summed E-state index contributed by atoms with van der Waals surface area (Å²) in [7, 11) is -4.22. The van der Waals surface area contributed by atoms with E-state index in [1.165, 1.54) is 0 Å². The molecule has 3 nitrogen and oxygen atoms in total. The van der Waals surface area contributed by atoms with Crippen molar-refractivity contribution in [2.24, 2.45) is 0 Å². The molecule has 0 aliphatic heterocycles. The van der Waals surface area contributed by atoms with Gasteiger partial charge in [-0.25, -0.2) is 8.42 Å². The van der Waals surface area contributed by atoms with Crippen LogP contribution in [0.15, 0.2) is 0 Å². The van der Waals surface area contributed by atoms with Crippen molar-refractivity contribution in [2.75, 3.05) is 0 Å². The number of hydrogen-bond acceptors (Lipinski definition) is 4. The van der Waals surface area contributed by atoms with E-state index in [4.69, 9.17) is 0 Å². The van der Waals surface area contributed by atoms with Crippen molar-refractivity contribution in [3.63, 3.8) is 0 Å². The van der Waals surface area contributed by atoms with Crippen molar-refractivity contribution < 1.29 is 13.0 Å². The highest BCUT2D eigenvalue weighted by molar-refractivity contribution is 8.11. The first kappa shape index (κ1) is 6.00. The fourth-order valence-corrected chi connectivity index (χ4v) is 0. The third-order valence-corrected chi connectivity index (χ3v) is 1.06. The Bertz CT molecular complexity index is 119. The molecule has 0 N–H and O–H groups in total. The summed E-state index contributed by atoms with van der Waals surface area (Å²) in [6.07, 6.45) is 0. The Morgan fingerprint density at radius 1 is 1.67 bits per heavy atom. The molecule has 0 aromatic rings. The second kappa shape index (κ2) is 1.63. The van der Waals surface area contributed by atoms with Crippen molar-refractivity contribution in [1.82, 2.24) is 0 Å². The molecule has 0 aliphatic rings. The third-order valence-electron chi connectivity index (χ3n) is 0.118. The molecule has 0 aromatic carbocycles. The van der Waals surface area contributed by atoms with Crippen LogP contribution in [0.3, 0.4) is 0 Å². The van der Waals surface area contributed by atoms with E-state index in [0.29, 0.717) is 0 Å². The van der Waals surface area contributed by atoms with Crippen molar-refractivity contribution in [1.29, 1.82) is 0 Å². The molecule has 0 fully saturated rings. The zero-order chi connectivity index (χ0) is 5.21. The van der Waals surface area contributed by atoms with Crippen LogP contribution in [0, 0.1) is 0 Å². The van der Waals surface area contributed by atoms with Crippen LogP contribution in [0.2, 0.25) is 0 Å². The van der Waals surface area contributed by atoms with Crippen LogP contribution in [0.4, 0.5) is 0 Å². The van der Waals surface area contributed by atoms with Gasteiger partial charge < -0.3 is 4.55 Å². The lowest BCUT2D eigenvalue weighted by molar-refractivity contribution is 0.479. The van der Waals surface area contributed by atoms with Crippen molar-refractivity contribution >= 4 is 27.0 Å². The zero-order valence-electron chi connectivity index (χ0n) is 2.62. The normalized spacial score (nSPS) is 10.8. The lowest BCUT2D eigenvalue weighted by Gasteiger charge is -1.91. The molecule has 0 heterocycles. The van der Waals surface area contributed by atoms with Crippen LogP contribution in [-0.4, -0.2) is 17.7 Å². The number of hydrogen-bond donors (Lipinski definition) is 0. The van der Waals surface area contributed by atoms with Gasteiger partial charge in [0.2, 0.25) is 0 Å². The van der Waals surface area contributed by atoms with E-state index < -0.39 is 10.1 Å². The molecule has 0 bridgehead atoms. The molecule has 0 saturated heterocycles. The maximum absolute atomic E-state index is 9.28. The number of thiocarbonyl (C=S) groups is 1. The van der Waals surface area contributed by atoms with Crippen LogP contribution in [0.25, 0.3) is 0 Å². The van der Waals surface area contributed by atoms with Gasteiger partial charge in [0.05, 0.1) is 4.70 Å². The summed E-state index contributed by atoms with van der Waals surface area (Å²) in [6.45, 7) is 0. The Morgan fingerprint density at radius 2 is 1.83 bits per heavy atom. The van der Waals surface area contributed by atoms with Gasteiger partial charge in [0.1, 0.15) is 10.1 Å².